The molecule has 0 bridgehead atoms. The molecule has 2 aliphatic rings. The largest absolute Gasteiger partial charge is 0.355 e. The Hall–Kier alpha value is -1.10. The molecular weight excluding hydrogens is 206 g/mol. The molecule has 0 aromatic carbocycles. The molecule has 3 atom stereocenters. The summed E-state index contributed by atoms with van der Waals surface area (Å²) >= 11 is 0. The van der Waals surface area contributed by atoms with E-state index in [2.05, 4.69) is 24.5 Å². The van der Waals surface area contributed by atoms with Crippen molar-refractivity contribution in [3.63, 3.8) is 0 Å². The molecular formula is C11H19N3O2. The SMILES string of the molecule is CC1NCCN(C(=O)C2CNC(=O)C2)C1C. The lowest BCUT2D eigenvalue weighted by atomic mass is 10.0. The number of carbonyl (C=O) groups is 2. The molecule has 2 fully saturated rings. The molecule has 0 saturated carbocycles. The van der Waals surface area contributed by atoms with Gasteiger partial charge >= 0.3 is 0 Å². The quantitative estimate of drug-likeness (QED) is 0.622. The Kier molecular flexibility index (Phi) is 3.14. The van der Waals surface area contributed by atoms with E-state index in [0.717, 1.165) is 13.1 Å². The van der Waals surface area contributed by atoms with Gasteiger partial charge in [0.1, 0.15) is 0 Å². The third kappa shape index (κ3) is 2.04. The minimum atomic E-state index is -0.153. The van der Waals surface area contributed by atoms with Gasteiger partial charge in [0, 0.05) is 38.1 Å². The molecule has 2 heterocycles. The second kappa shape index (κ2) is 4.41. The van der Waals surface area contributed by atoms with Gasteiger partial charge in [-0.05, 0) is 13.8 Å². The zero-order chi connectivity index (χ0) is 11.7. The number of amides is 2. The van der Waals surface area contributed by atoms with Crippen LogP contribution >= 0.6 is 0 Å². The highest BCUT2D eigenvalue weighted by atomic mass is 16.2. The molecule has 5 heteroatoms. The van der Waals surface area contributed by atoms with E-state index >= 15 is 0 Å². The Bertz CT molecular complexity index is 306. The maximum Gasteiger partial charge on any atom is 0.228 e. The van der Waals surface area contributed by atoms with Gasteiger partial charge in [-0.25, -0.2) is 0 Å². The lowest BCUT2D eigenvalue weighted by molar-refractivity contribution is -0.139. The fraction of sp³-hybridized carbons (Fsp3) is 0.818. The Morgan fingerprint density at radius 3 is 2.81 bits per heavy atom. The van der Waals surface area contributed by atoms with Gasteiger partial charge in [-0.3, -0.25) is 9.59 Å². The number of rotatable bonds is 1. The zero-order valence-corrected chi connectivity index (χ0v) is 9.82. The van der Waals surface area contributed by atoms with Gasteiger partial charge in [-0.1, -0.05) is 0 Å². The molecule has 2 aliphatic heterocycles. The van der Waals surface area contributed by atoms with Crippen LogP contribution in [0.2, 0.25) is 0 Å². The van der Waals surface area contributed by atoms with Crippen molar-refractivity contribution >= 4 is 11.8 Å². The fourth-order valence-corrected chi connectivity index (χ4v) is 2.38. The van der Waals surface area contributed by atoms with Crippen LogP contribution in [0.15, 0.2) is 0 Å². The minimum absolute atomic E-state index is 0.00538. The maximum atomic E-state index is 12.2. The summed E-state index contributed by atoms with van der Waals surface area (Å²) in [5.74, 6) is -0.0337. The van der Waals surface area contributed by atoms with Crippen molar-refractivity contribution in [2.75, 3.05) is 19.6 Å². The lowest BCUT2D eigenvalue weighted by Gasteiger charge is -2.39. The summed E-state index contributed by atoms with van der Waals surface area (Å²) in [7, 11) is 0. The summed E-state index contributed by atoms with van der Waals surface area (Å²) in [6.45, 7) is 6.23. The molecule has 0 spiro atoms. The van der Waals surface area contributed by atoms with Gasteiger partial charge in [0.05, 0.1) is 5.92 Å². The van der Waals surface area contributed by atoms with Crippen LogP contribution in [0, 0.1) is 5.92 Å². The summed E-state index contributed by atoms with van der Waals surface area (Å²) in [5, 5.41) is 6.05. The van der Waals surface area contributed by atoms with Gasteiger partial charge in [0.2, 0.25) is 11.8 Å². The molecule has 90 valence electrons. The first-order valence-corrected chi connectivity index (χ1v) is 5.90. The first-order chi connectivity index (χ1) is 7.59. The standard InChI is InChI=1S/C11H19N3O2/c1-7-8(2)14(4-3-12-7)11(16)9-5-10(15)13-6-9/h7-9,12H,3-6H2,1-2H3,(H,13,15). The van der Waals surface area contributed by atoms with Crippen molar-refractivity contribution in [2.24, 2.45) is 5.92 Å². The molecule has 3 unspecified atom stereocenters. The highest BCUT2D eigenvalue weighted by molar-refractivity contribution is 5.89. The van der Waals surface area contributed by atoms with Gasteiger partial charge in [0.25, 0.3) is 0 Å². The average molecular weight is 225 g/mol. The Labute approximate surface area is 95.6 Å². The highest BCUT2D eigenvalue weighted by Crippen LogP contribution is 2.17. The van der Waals surface area contributed by atoms with Crippen LogP contribution in [0.4, 0.5) is 0 Å². The molecule has 5 nitrogen and oxygen atoms in total. The Morgan fingerprint density at radius 1 is 1.44 bits per heavy atom. The fourth-order valence-electron chi connectivity index (χ4n) is 2.38. The van der Waals surface area contributed by atoms with E-state index in [1.807, 2.05) is 4.90 Å². The number of piperazine rings is 1. The summed E-state index contributed by atoms with van der Waals surface area (Å²) in [4.78, 5) is 25.2. The van der Waals surface area contributed by atoms with Crippen molar-refractivity contribution in [1.29, 1.82) is 0 Å². The first kappa shape index (κ1) is 11.4. The molecule has 0 aliphatic carbocycles. The van der Waals surface area contributed by atoms with E-state index in [0.29, 0.717) is 19.0 Å². The highest BCUT2D eigenvalue weighted by Gasteiger charge is 2.35. The smallest absolute Gasteiger partial charge is 0.228 e. The van der Waals surface area contributed by atoms with Gasteiger partial charge in [-0.2, -0.15) is 0 Å². The Balaban J connectivity index is 2.00. The third-order valence-corrected chi connectivity index (χ3v) is 3.64. The van der Waals surface area contributed by atoms with Crippen LogP contribution in [0.5, 0.6) is 0 Å². The normalized spacial score (nSPS) is 35.0. The topological polar surface area (TPSA) is 61.4 Å². The van der Waals surface area contributed by atoms with E-state index in [4.69, 9.17) is 0 Å². The van der Waals surface area contributed by atoms with Crippen molar-refractivity contribution < 1.29 is 9.59 Å². The van der Waals surface area contributed by atoms with Crippen LogP contribution in [-0.2, 0) is 9.59 Å². The summed E-state index contributed by atoms with van der Waals surface area (Å²) < 4.78 is 0. The number of hydrogen-bond donors (Lipinski definition) is 2. The molecule has 2 N–H and O–H groups in total. The molecule has 2 amide bonds. The van der Waals surface area contributed by atoms with Crippen LogP contribution in [0.25, 0.3) is 0 Å². The maximum absolute atomic E-state index is 12.2. The number of nitrogens with zero attached hydrogens (tertiary/aromatic N) is 1. The molecule has 0 aromatic rings. The molecule has 2 rings (SSSR count). The van der Waals surface area contributed by atoms with Crippen LogP contribution in [0.1, 0.15) is 20.3 Å². The minimum Gasteiger partial charge on any atom is -0.355 e. The van der Waals surface area contributed by atoms with E-state index in [1.165, 1.54) is 0 Å². The lowest BCUT2D eigenvalue weighted by Crippen LogP contribution is -2.58. The second-order valence-corrected chi connectivity index (χ2v) is 4.72. The number of nitrogens with one attached hydrogen (secondary N) is 2. The monoisotopic (exact) mass is 225 g/mol. The van der Waals surface area contributed by atoms with Crippen molar-refractivity contribution in [3.8, 4) is 0 Å². The number of carbonyl (C=O) groups excluding carboxylic acids is 2. The Morgan fingerprint density at radius 2 is 2.19 bits per heavy atom. The predicted octanol–water partition coefficient (Wildman–Crippen LogP) is -0.669. The first-order valence-electron chi connectivity index (χ1n) is 5.90. The van der Waals surface area contributed by atoms with Gasteiger partial charge < -0.3 is 15.5 Å². The summed E-state index contributed by atoms with van der Waals surface area (Å²) in [6.07, 6.45) is 0.351. The van der Waals surface area contributed by atoms with E-state index in [-0.39, 0.29) is 23.8 Å². The molecule has 16 heavy (non-hydrogen) atoms. The van der Waals surface area contributed by atoms with Crippen LogP contribution < -0.4 is 10.6 Å². The predicted molar refractivity (Wildman–Crippen MR) is 59.8 cm³/mol. The second-order valence-electron chi connectivity index (χ2n) is 4.72. The molecule has 0 aromatic heterocycles. The summed E-state index contributed by atoms with van der Waals surface area (Å²) in [6, 6.07) is 0.528. The number of hydrogen-bond acceptors (Lipinski definition) is 3. The van der Waals surface area contributed by atoms with E-state index in [9.17, 15) is 9.59 Å². The zero-order valence-electron chi connectivity index (χ0n) is 9.82. The van der Waals surface area contributed by atoms with Crippen LogP contribution in [0.3, 0.4) is 0 Å². The molecule has 2 saturated heterocycles. The summed E-state index contributed by atoms with van der Waals surface area (Å²) in [5.41, 5.74) is 0. The van der Waals surface area contributed by atoms with E-state index in [1.54, 1.807) is 0 Å². The molecule has 0 radical (unpaired) electrons. The van der Waals surface area contributed by atoms with Gasteiger partial charge in [0.15, 0.2) is 0 Å². The average Bonchev–Trinajstić information content (AvgIpc) is 2.68. The van der Waals surface area contributed by atoms with Crippen molar-refractivity contribution in [1.82, 2.24) is 15.5 Å². The van der Waals surface area contributed by atoms with E-state index < -0.39 is 0 Å². The van der Waals surface area contributed by atoms with Crippen molar-refractivity contribution in [3.05, 3.63) is 0 Å². The van der Waals surface area contributed by atoms with Gasteiger partial charge in [-0.15, -0.1) is 0 Å². The van der Waals surface area contributed by atoms with Crippen LogP contribution in [-0.4, -0.2) is 48.4 Å². The third-order valence-electron chi connectivity index (χ3n) is 3.64. The van der Waals surface area contributed by atoms with Crippen molar-refractivity contribution in [2.45, 2.75) is 32.4 Å².